The van der Waals surface area contributed by atoms with Gasteiger partial charge in [-0.15, -0.1) is 10.2 Å². The van der Waals surface area contributed by atoms with Gasteiger partial charge in [0.05, 0.1) is 12.9 Å². The Labute approximate surface area is 223 Å². The van der Waals surface area contributed by atoms with Crippen LogP contribution in [0.15, 0.2) is 65.8 Å². The van der Waals surface area contributed by atoms with Gasteiger partial charge in [-0.25, -0.2) is 0 Å². The molecule has 4 rings (SSSR count). The van der Waals surface area contributed by atoms with Crippen molar-refractivity contribution >= 4 is 23.4 Å². The van der Waals surface area contributed by atoms with E-state index in [4.69, 9.17) is 4.74 Å². The van der Waals surface area contributed by atoms with Gasteiger partial charge in [-0.1, -0.05) is 74.5 Å². The molecule has 1 amide bonds. The molecular formula is C30H34N4O2S. The van der Waals surface area contributed by atoms with Crippen LogP contribution in [0.5, 0.6) is 5.75 Å². The van der Waals surface area contributed by atoms with Gasteiger partial charge in [0.2, 0.25) is 5.91 Å². The molecule has 0 bridgehead atoms. The lowest BCUT2D eigenvalue weighted by atomic mass is 9.87. The summed E-state index contributed by atoms with van der Waals surface area (Å²) in [6, 6.07) is 20.3. The number of anilines is 1. The van der Waals surface area contributed by atoms with E-state index in [0.717, 1.165) is 39.6 Å². The molecule has 0 aliphatic rings. The SMILES string of the molecule is COc1ccc(-n2c(SCC(=O)Nc3c(C)cc(C)cc3C)nnc2-c2ccc(C(C)(C)C)cc2)cc1. The molecule has 192 valence electrons. The first-order chi connectivity index (χ1) is 17.6. The summed E-state index contributed by atoms with van der Waals surface area (Å²) >= 11 is 1.36. The fraction of sp³-hybridized carbons (Fsp3) is 0.300. The number of benzene rings is 3. The van der Waals surface area contributed by atoms with E-state index in [1.807, 2.05) is 42.7 Å². The average Bonchev–Trinajstić information content (AvgIpc) is 3.28. The van der Waals surface area contributed by atoms with E-state index in [1.165, 1.54) is 22.9 Å². The Morgan fingerprint density at radius 2 is 1.57 bits per heavy atom. The maximum absolute atomic E-state index is 12.9. The van der Waals surface area contributed by atoms with Gasteiger partial charge < -0.3 is 10.1 Å². The lowest BCUT2D eigenvalue weighted by Gasteiger charge is -2.19. The summed E-state index contributed by atoms with van der Waals surface area (Å²) in [4.78, 5) is 12.9. The van der Waals surface area contributed by atoms with E-state index in [-0.39, 0.29) is 17.1 Å². The summed E-state index contributed by atoms with van der Waals surface area (Å²) in [6.45, 7) is 12.7. The number of carbonyl (C=O) groups excluding carboxylic acids is 1. The molecule has 0 unspecified atom stereocenters. The summed E-state index contributed by atoms with van der Waals surface area (Å²) in [5.41, 5.74) is 7.32. The first-order valence-electron chi connectivity index (χ1n) is 12.3. The Hall–Kier alpha value is -3.58. The zero-order chi connectivity index (χ0) is 26.7. The number of ether oxygens (including phenoxy) is 1. The second-order valence-corrected chi connectivity index (χ2v) is 11.2. The molecule has 1 aromatic heterocycles. The molecule has 0 fully saturated rings. The number of methoxy groups -OCH3 is 1. The second kappa shape index (κ2) is 10.8. The summed E-state index contributed by atoms with van der Waals surface area (Å²) in [6.07, 6.45) is 0. The molecule has 0 aliphatic heterocycles. The van der Waals surface area contributed by atoms with Crippen LogP contribution in [-0.4, -0.2) is 33.5 Å². The van der Waals surface area contributed by atoms with Crippen LogP contribution >= 0.6 is 11.8 Å². The van der Waals surface area contributed by atoms with Gasteiger partial charge in [0.15, 0.2) is 11.0 Å². The van der Waals surface area contributed by atoms with Gasteiger partial charge >= 0.3 is 0 Å². The zero-order valence-corrected chi connectivity index (χ0v) is 23.4. The number of hydrogen-bond acceptors (Lipinski definition) is 5. The number of carbonyl (C=O) groups is 1. The second-order valence-electron chi connectivity index (χ2n) is 10.3. The van der Waals surface area contributed by atoms with Crippen LogP contribution in [0, 0.1) is 20.8 Å². The number of nitrogens with one attached hydrogen (secondary N) is 1. The minimum absolute atomic E-state index is 0.0602. The van der Waals surface area contributed by atoms with Crippen molar-refractivity contribution in [2.75, 3.05) is 18.2 Å². The Balaban J connectivity index is 1.63. The van der Waals surface area contributed by atoms with E-state index in [9.17, 15) is 4.79 Å². The van der Waals surface area contributed by atoms with E-state index in [2.05, 4.69) is 79.6 Å². The molecule has 1 N–H and O–H groups in total. The van der Waals surface area contributed by atoms with E-state index in [1.54, 1.807) is 7.11 Å². The van der Waals surface area contributed by atoms with Crippen molar-refractivity contribution in [3.63, 3.8) is 0 Å². The molecule has 0 saturated heterocycles. The Morgan fingerprint density at radius 1 is 0.946 bits per heavy atom. The monoisotopic (exact) mass is 514 g/mol. The van der Waals surface area contributed by atoms with Gasteiger partial charge in [0.25, 0.3) is 0 Å². The normalized spacial score (nSPS) is 11.4. The van der Waals surface area contributed by atoms with Crippen LogP contribution in [0.2, 0.25) is 0 Å². The molecule has 6 nitrogen and oxygen atoms in total. The molecule has 0 radical (unpaired) electrons. The van der Waals surface area contributed by atoms with E-state index < -0.39 is 0 Å². The van der Waals surface area contributed by atoms with Crippen molar-refractivity contribution in [3.8, 4) is 22.8 Å². The summed E-state index contributed by atoms with van der Waals surface area (Å²) < 4.78 is 7.33. The van der Waals surface area contributed by atoms with Crippen LogP contribution in [0.1, 0.15) is 43.0 Å². The molecule has 0 atom stereocenters. The molecular weight excluding hydrogens is 480 g/mol. The van der Waals surface area contributed by atoms with Crippen LogP contribution in [0.3, 0.4) is 0 Å². The minimum Gasteiger partial charge on any atom is -0.497 e. The third-order valence-corrected chi connectivity index (χ3v) is 7.18. The number of hydrogen-bond donors (Lipinski definition) is 1. The highest BCUT2D eigenvalue weighted by atomic mass is 32.2. The number of rotatable bonds is 7. The molecule has 7 heteroatoms. The lowest BCUT2D eigenvalue weighted by Crippen LogP contribution is -2.16. The van der Waals surface area contributed by atoms with Crippen LogP contribution in [0.25, 0.3) is 17.1 Å². The van der Waals surface area contributed by atoms with Gasteiger partial charge in [-0.05, 0) is 67.1 Å². The number of amides is 1. The highest BCUT2D eigenvalue weighted by molar-refractivity contribution is 7.99. The van der Waals surface area contributed by atoms with Crippen LogP contribution in [-0.2, 0) is 10.2 Å². The van der Waals surface area contributed by atoms with Crippen molar-refractivity contribution in [1.29, 1.82) is 0 Å². The predicted molar refractivity (Wildman–Crippen MR) is 152 cm³/mol. The van der Waals surface area contributed by atoms with Crippen molar-refractivity contribution < 1.29 is 9.53 Å². The number of nitrogens with zero attached hydrogens (tertiary/aromatic N) is 3. The smallest absolute Gasteiger partial charge is 0.234 e. The first kappa shape index (κ1) is 26.5. The number of aryl methyl sites for hydroxylation is 3. The van der Waals surface area contributed by atoms with Crippen molar-refractivity contribution in [2.45, 2.75) is 52.1 Å². The zero-order valence-electron chi connectivity index (χ0n) is 22.5. The Kier molecular flexibility index (Phi) is 7.73. The van der Waals surface area contributed by atoms with Crippen LogP contribution < -0.4 is 10.1 Å². The summed E-state index contributed by atoms with van der Waals surface area (Å²) in [5.74, 6) is 1.62. The highest BCUT2D eigenvalue weighted by Gasteiger charge is 2.19. The van der Waals surface area contributed by atoms with Crippen molar-refractivity contribution in [3.05, 3.63) is 82.9 Å². The lowest BCUT2D eigenvalue weighted by molar-refractivity contribution is -0.113. The fourth-order valence-electron chi connectivity index (χ4n) is 4.32. The maximum Gasteiger partial charge on any atom is 0.234 e. The quantitative estimate of drug-likeness (QED) is 0.272. The maximum atomic E-state index is 12.9. The molecule has 0 aliphatic carbocycles. The molecule has 3 aromatic carbocycles. The fourth-order valence-corrected chi connectivity index (χ4v) is 5.07. The molecule has 37 heavy (non-hydrogen) atoms. The molecule has 4 aromatic rings. The topological polar surface area (TPSA) is 69.0 Å². The Bertz CT molecular complexity index is 1380. The van der Waals surface area contributed by atoms with Gasteiger partial charge in [-0.3, -0.25) is 9.36 Å². The number of aromatic nitrogens is 3. The highest BCUT2D eigenvalue weighted by Crippen LogP contribution is 2.31. The average molecular weight is 515 g/mol. The van der Waals surface area contributed by atoms with Gasteiger partial charge in [-0.2, -0.15) is 0 Å². The van der Waals surface area contributed by atoms with Crippen molar-refractivity contribution in [1.82, 2.24) is 14.8 Å². The van der Waals surface area contributed by atoms with Gasteiger partial charge in [0.1, 0.15) is 5.75 Å². The summed E-state index contributed by atoms with van der Waals surface area (Å²) in [5, 5.41) is 12.7. The van der Waals surface area contributed by atoms with E-state index >= 15 is 0 Å². The predicted octanol–water partition coefficient (Wildman–Crippen LogP) is 6.90. The van der Waals surface area contributed by atoms with Crippen molar-refractivity contribution in [2.24, 2.45) is 0 Å². The van der Waals surface area contributed by atoms with Gasteiger partial charge in [0, 0.05) is 16.9 Å². The molecule has 0 spiro atoms. The standard InChI is InChI=1S/C30H34N4O2S/c1-19-16-20(2)27(21(3)17-19)31-26(35)18-37-29-33-32-28(22-8-10-23(11-9-22)30(4,5)6)34(29)24-12-14-25(36-7)15-13-24/h8-17H,18H2,1-7H3,(H,31,35). The Morgan fingerprint density at radius 3 is 2.14 bits per heavy atom. The summed E-state index contributed by atoms with van der Waals surface area (Å²) in [7, 11) is 1.65. The van der Waals surface area contributed by atoms with E-state index in [0.29, 0.717) is 5.16 Å². The van der Waals surface area contributed by atoms with Crippen LogP contribution in [0.4, 0.5) is 5.69 Å². The largest absolute Gasteiger partial charge is 0.497 e. The first-order valence-corrected chi connectivity index (χ1v) is 13.3. The molecule has 0 saturated carbocycles. The minimum atomic E-state index is -0.0829. The third kappa shape index (κ3) is 6.05. The third-order valence-electron chi connectivity index (χ3n) is 6.25. The molecule has 1 heterocycles. The number of thioether (sulfide) groups is 1.